The van der Waals surface area contributed by atoms with Crippen molar-refractivity contribution in [3.63, 3.8) is 0 Å². The van der Waals surface area contributed by atoms with Gasteiger partial charge in [0, 0.05) is 51.0 Å². The molecule has 1 aliphatic rings. The number of pyridine rings is 1. The topological polar surface area (TPSA) is 90.9 Å². The molecule has 1 aliphatic heterocycles. The number of methoxy groups -OCH3 is 1. The lowest BCUT2D eigenvalue weighted by atomic mass is 10.2. The van der Waals surface area contributed by atoms with Crippen molar-refractivity contribution in [2.75, 3.05) is 45.2 Å². The highest BCUT2D eigenvalue weighted by Gasteiger charge is 2.25. The van der Waals surface area contributed by atoms with Gasteiger partial charge in [-0.1, -0.05) is 6.07 Å². The Morgan fingerprint density at radius 2 is 2.13 bits per heavy atom. The smallest absolute Gasteiger partial charge is 0.251 e. The molecule has 0 bridgehead atoms. The molecule has 1 atom stereocenters. The maximum atomic E-state index is 13.9. The third-order valence-corrected chi connectivity index (χ3v) is 4.83. The van der Waals surface area contributed by atoms with Gasteiger partial charge in [0.2, 0.25) is 0 Å². The molecule has 0 spiro atoms. The van der Waals surface area contributed by atoms with Crippen LogP contribution in [0.3, 0.4) is 0 Å². The van der Waals surface area contributed by atoms with Crippen LogP contribution in [0.15, 0.2) is 47.6 Å². The van der Waals surface area contributed by atoms with Gasteiger partial charge in [0.05, 0.1) is 7.11 Å². The van der Waals surface area contributed by atoms with Crippen LogP contribution in [-0.4, -0.2) is 63.2 Å². The van der Waals surface area contributed by atoms with Gasteiger partial charge in [-0.3, -0.25) is 9.79 Å². The van der Waals surface area contributed by atoms with Crippen LogP contribution in [0, 0.1) is 5.82 Å². The second kappa shape index (κ2) is 10.4. The molecule has 0 saturated carbocycles. The molecule has 2 aromatic rings. The van der Waals surface area contributed by atoms with Gasteiger partial charge >= 0.3 is 0 Å². The van der Waals surface area contributed by atoms with Crippen LogP contribution in [0.5, 0.6) is 5.75 Å². The maximum Gasteiger partial charge on any atom is 0.251 e. The minimum Gasteiger partial charge on any atom is -0.497 e. The van der Waals surface area contributed by atoms with E-state index in [0.717, 1.165) is 13.0 Å². The predicted molar refractivity (Wildman–Crippen MR) is 115 cm³/mol. The van der Waals surface area contributed by atoms with Crippen LogP contribution in [0.1, 0.15) is 16.8 Å². The summed E-state index contributed by atoms with van der Waals surface area (Å²) in [5.74, 6) is 1.18. The average molecular weight is 414 g/mol. The van der Waals surface area contributed by atoms with Gasteiger partial charge in [0.15, 0.2) is 17.6 Å². The highest BCUT2D eigenvalue weighted by Crippen LogP contribution is 2.20. The Morgan fingerprint density at radius 1 is 1.30 bits per heavy atom. The van der Waals surface area contributed by atoms with Crippen molar-refractivity contribution in [2.45, 2.75) is 12.5 Å². The number of nitrogens with one attached hydrogen (secondary N) is 3. The first-order valence-electron chi connectivity index (χ1n) is 9.85. The van der Waals surface area contributed by atoms with Crippen LogP contribution >= 0.6 is 0 Å². The summed E-state index contributed by atoms with van der Waals surface area (Å²) in [6.07, 6.45) is 2.45. The summed E-state index contributed by atoms with van der Waals surface area (Å²) in [7, 11) is 3.26. The van der Waals surface area contributed by atoms with E-state index < -0.39 is 0 Å². The van der Waals surface area contributed by atoms with E-state index in [0.29, 0.717) is 42.7 Å². The monoisotopic (exact) mass is 414 g/mol. The first kappa shape index (κ1) is 21.4. The molecule has 3 rings (SSSR count). The van der Waals surface area contributed by atoms with Crippen LogP contribution < -0.4 is 25.6 Å². The minimum absolute atomic E-state index is 0.129. The number of aromatic nitrogens is 1. The Kier molecular flexibility index (Phi) is 7.42. The lowest BCUT2D eigenvalue weighted by Gasteiger charge is -2.20. The third-order valence-electron chi connectivity index (χ3n) is 4.83. The highest BCUT2D eigenvalue weighted by molar-refractivity contribution is 5.94. The van der Waals surface area contributed by atoms with Crippen molar-refractivity contribution in [3.8, 4) is 5.75 Å². The molecule has 0 aliphatic carbocycles. The highest BCUT2D eigenvalue weighted by atomic mass is 19.1. The van der Waals surface area contributed by atoms with Crippen molar-refractivity contribution >= 4 is 17.7 Å². The van der Waals surface area contributed by atoms with E-state index in [1.165, 1.54) is 6.07 Å². The Morgan fingerprint density at radius 3 is 2.90 bits per heavy atom. The second-order valence-electron chi connectivity index (χ2n) is 6.87. The number of ether oxygens (including phenoxy) is 1. The van der Waals surface area contributed by atoms with Gasteiger partial charge in [-0.2, -0.15) is 0 Å². The van der Waals surface area contributed by atoms with Crippen molar-refractivity contribution < 1.29 is 13.9 Å². The first-order valence-corrected chi connectivity index (χ1v) is 9.85. The molecule has 160 valence electrons. The Hall–Kier alpha value is -3.36. The predicted octanol–water partition coefficient (Wildman–Crippen LogP) is 1.40. The fourth-order valence-electron chi connectivity index (χ4n) is 3.29. The molecule has 1 fully saturated rings. The number of amides is 1. The van der Waals surface area contributed by atoms with Gasteiger partial charge in [-0.05, 0) is 36.8 Å². The number of aliphatic imine (C=N–C) groups is 1. The molecule has 1 amide bonds. The van der Waals surface area contributed by atoms with Gasteiger partial charge in [-0.15, -0.1) is 0 Å². The Labute approximate surface area is 175 Å². The van der Waals surface area contributed by atoms with Crippen molar-refractivity contribution in [1.82, 2.24) is 20.9 Å². The lowest BCUT2D eigenvalue weighted by molar-refractivity contribution is 0.0954. The molecule has 8 nitrogen and oxygen atoms in total. The summed E-state index contributed by atoms with van der Waals surface area (Å²) in [6.45, 7) is 2.31. The largest absolute Gasteiger partial charge is 0.497 e. The summed E-state index contributed by atoms with van der Waals surface area (Å²) in [5, 5.41) is 9.38. The van der Waals surface area contributed by atoms with Crippen molar-refractivity contribution in [3.05, 3.63) is 54.0 Å². The molecular weight excluding hydrogens is 387 g/mol. The number of nitrogens with zero attached hydrogens (tertiary/aromatic N) is 3. The van der Waals surface area contributed by atoms with E-state index in [9.17, 15) is 9.18 Å². The molecule has 1 saturated heterocycles. The summed E-state index contributed by atoms with van der Waals surface area (Å²) in [5.41, 5.74) is 0.546. The summed E-state index contributed by atoms with van der Waals surface area (Å²) in [6, 6.07) is 10.1. The normalized spacial score (nSPS) is 16.3. The van der Waals surface area contributed by atoms with Gasteiger partial charge < -0.3 is 25.6 Å². The standard InChI is InChI=1S/C21H27FN6O2/c1-23-21(26-11-10-25-20(29)15-5-3-6-17(13-15)30-2)27-16-8-12-28(14-16)19-18(22)7-4-9-24-19/h3-7,9,13,16H,8,10-12,14H2,1-2H3,(H,25,29)(H2,23,26,27). The number of guanidine groups is 1. The number of benzene rings is 1. The molecule has 3 N–H and O–H groups in total. The van der Waals surface area contributed by atoms with E-state index in [4.69, 9.17) is 4.74 Å². The van der Waals surface area contributed by atoms with Gasteiger partial charge in [0.1, 0.15) is 5.75 Å². The average Bonchev–Trinajstić information content (AvgIpc) is 3.24. The fourth-order valence-corrected chi connectivity index (χ4v) is 3.29. The van der Waals surface area contributed by atoms with Crippen molar-refractivity contribution in [2.24, 2.45) is 4.99 Å². The molecule has 30 heavy (non-hydrogen) atoms. The maximum absolute atomic E-state index is 13.9. The number of hydrogen-bond donors (Lipinski definition) is 3. The van der Waals surface area contributed by atoms with Crippen molar-refractivity contribution in [1.29, 1.82) is 0 Å². The third kappa shape index (κ3) is 5.59. The quantitative estimate of drug-likeness (QED) is 0.361. The zero-order valence-electron chi connectivity index (χ0n) is 17.2. The molecule has 1 aromatic carbocycles. The Bertz CT molecular complexity index is 891. The number of hydrogen-bond acceptors (Lipinski definition) is 5. The fraction of sp³-hybridized carbons (Fsp3) is 0.381. The number of anilines is 1. The number of carbonyl (C=O) groups excluding carboxylic acids is 1. The van der Waals surface area contributed by atoms with Gasteiger partial charge in [0.25, 0.3) is 5.91 Å². The zero-order chi connectivity index (χ0) is 21.3. The molecule has 1 unspecified atom stereocenters. The molecule has 0 radical (unpaired) electrons. The number of halogens is 1. The summed E-state index contributed by atoms with van der Waals surface area (Å²) >= 11 is 0. The van der Waals surface area contributed by atoms with E-state index in [-0.39, 0.29) is 17.8 Å². The molecular formula is C21H27FN6O2. The van der Waals surface area contributed by atoms with Gasteiger partial charge in [-0.25, -0.2) is 9.37 Å². The van der Waals surface area contributed by atoms with Crippen LogP contribution in [-0.2, 0) is 0 Å². The number of carbonyl (C=O) groups is 1. The molecule has 2 heterocycles. The zero-order valence-corrected chi connectivity index (χ0v) is 17.2. The minimum atomic E-state index is -0.313. The SMILES string of the molecule is CN=C(NCCNC(=O)c1cccc(OC)c1)NC1CCN(c2ncccc2F)C1. The van der Waals surface area contributed by atoms with E-state index in [1.807, 2.05) is 4.90 Å². The first-order chi connectivity index (χ1) is 14.6. The van der Waals surface area contributed by atoms with E-state index in [2.05, 4.69) is 25.9 Å². The van der Waals surface area contributed by atoms with Crippen LogP contribution in [0.2, 0.25) is 0 Å². The lowest BCUT2D eigenvalue weighted by Crippen LogP contribution is -2.46. The van der Waals surface area contributed by atoms with Crippen LogP contribution in [0.4, 0.5) is 10.2 Å². The second-order valence-corrected chi connectivity index (χ2v) is 6.87. The summed E-state index contributed by atoms with van der Waals surface area (Å²) in [4.78, 5) is 22.5. The molecule has 1 aromatic heterocycles. The van der Waals surface area contributed by atoms with E-state index >= 15 is 0 Å². The number of rotatable bonds is 7. The molecule has 9 heteroatoms. The van der Waals surface area contributed by atoms with E-state index in [1.54, 1.807) is 50.7 Å². The summed E-state index contributed by atoms with van der Waals surface area (Å²) < 4.78 is 19.1. The Balaban J connectivity index is 1.41. The van der Waals surface area contributed by atoms with Crippen LogP contribution in [0.25, 0.3) is 0 Å².